The molecule has 1 rings (SSSR count). The first-order valence-corrected chi connectivity index (χ1v) is 5.23. The predicted octanol–water partition coefficient (Wildman–Crippen LogP) is 4.50. The summed E-state index contributed by atoms with van der Waals surface area (Å²) in [6.45, 7) is 1.11. The van der Waals surface area contributed by atoms with Crippen LogP contribution in [0, 0.1) is 6.92 Å². The highest BCUT2D eigenvalue weighted by Crippen LogP contribution is 2.57. The summed E-state index contributed by atoms with van der Waals surface area (Å²) in [4.78, 5) is 0. The SMILES string of the molecule is Cc1cccc(C(F)(F)C(F)(F)C(F)(F)C(F)(F)F)c1N. The van der Waals surface area contributed by atoms with E-state index in [1.165, 1.54) is 0 Å². The van der Waals surface area contributed by atoms with Crippen LogP contribution in [0.25, 0.3) is 0 Å². The molecule has 0 aromatic heterocycles. The van der Waals surface area contributed by atoms with Crippen LogP contribution in [-0.2, 0) is 5.92 Å². The second-order valence-electron chi connectivity index (χ2n) is 4.26. The Morgan fingerprint density at radius 1 is 0.810 bits per heavy atom. The van der Waals surface area contributed by atoms with Gasteiger partial charge in [0.15, 0.2) is 0 Å². The molecule has 10 heteroatoms. The lowest BCUT2D eigenvalue weighted by atomic mass is 9.94. The number of aryl methyl sites for hydroxylation is 1. The van der Waals surface area contributed by atoms with Crippen LogP contribution >= 0.6 is 0 Å². The molecule has 2 N–H and O–H groups in total. The Kier molecular flexibility index (Phi) is 3.91. The van der Waals surface area contributed by atoms with Gasteiger partial charge < -0.3 is 5.73 Å². The van der Waals surface area contributed by atoms with E-state index < -0.39 is 35.2 Å². The van der Waals surface area contributed by atoms with Gasteiger partial charge in [0.2, 0.25) is 0 Å². The van der Waals surface area contributed by atoms with Gasteiger partial charge in [0.1, 0.15) is 0 Å². The van der Waals surface area contributed by atoms with E-state index in [0.717, 1.165) is 19.1 Å². The number of benzene rings is 1. The predicted molar refractivity (Wildman–Crippen MR) is 55.4 cm³/mol. The summed E-state index contributed by atoms with van der Waals surface area (Å²) < 4.78 is 115. The molecule has 0 radical (unpaired) electrons. The highest BCUT2D eigenvalue weighted by Gasteiger charge is 2.82. The van der Waals surface area contributed by atoms with Crippen molar-refractivity contribution in [1.82, 2.24) is 0 Å². The maximum absolute atomic E-state index is 13.6. The number of nitrogen functional groups attached to an aromatic ring is 1. The van der Waals surface area contributed by atoms with E-state index in [0.29, 0.717) is 0 Å². The fourth-order valence-electron chi connectivity index (χ4n) is 1.50. The molecule has 0 spiro atoms. The van der Waals surface area contributed by atoms with E-state index in [2.05, 4.69) is 0 Å². The van der Waals surface area contributed by atoms with Crippen LogP contribution in [0.1, 0.15) is 11.1 Å². The summed E-state index contributed by atoms with van der Waals surface area (Å²) in [5, 5.41) is 0. The number of anilines is 1. The molecule has 1 aromatic carbocycles. The number of para-hydroxylation sites is 1. The molecular weight excluding hydrogens is 317 g/mol. The van der Waals surface area contributed by atoms with Gasteiger partial charge in [-0.15, -0.1) is 0 Å². The summed E-state index contributed by atoms with van der Waals surface area (Å²) in [6, 6.07) is 2.16. The molecule has 0 bridgehead atoms. The quantitative estimate of drug-likeness (QED) is 0.642. The first-order chi connectivity index (χ1) is 9.18. The number of rotatable bonds is 3. The number of halogens is 9. The number of nitrogens with two attached hydrogens (primary N) is 1. The summed E-state index contributed by atoms with van der Waals surface area (Å²) >= 11 is 0. The molecule has 0 saturated carbocycles. The fraction of sp³-hybridized carbons (Fsp3) is 0.455. The molecule has 0 aliphatic heterocycles. The molecule has 1 aromatic rings. The third-order valence-electron chi connectivity index (χ3n) is 2.81. The number of hydrogen-bond acceptors (Lipinski definition) is 1. The van der Waals surface area contributed by atoms with Crippen molar-refractivity contribution in [3.63, 3.8) is 0 Å². The summed E-state index contributed by atoms with van der Waals surface area (Å²) in [5.41, 5.74) is 2.13. The van der Waals surface area contributed by atoms with Gasteiger partial charge in [0.05, 0.1) is 5.56 Å². The Hall–Kier alpha value is -1.61. The van der Waals surface area contributed by atoms with Gasteiger partial charge in [0, 0.05) is 5.69 Å². The average Bonchev–Trinajstić information content (AvgIpc) is 2.30. The maximum atomic E-state index is 13.6. The van der Waals surface area contributed by atoms with Crippen molar-refractivity contribution in [2.24, 2.45) is 0 Å². The Bertz CT molecular complexity index is 533. The molecule has 0 atom stereocenters. The minimum atomic E-state index is -6.93. The van der Waals surface area contributed by atoms with Crippen molar-refractivity contribution in [2.45, 2.75) is 30.9 Å². The normalized spacial score (nSPS) is 14.4. The molecule has 0 amide bonds. The Balaban J connectivity index is 3.51. The smallest absolute Gasteiger partial charge is 0.398 e. The first kappa shape index (κ1) is 17.4. The van der Waals surface area contributed by atoms with E-state index in [4.69, 9.17) is 5.73 Å². The second-order valence-corrected chi connectivity index (χ2v) is 4.26. The zero-order valence-electron chi connectivity index (χ0n) is 10.2. The van der Waals surface area contributed by atoms with Crippen LogP contribution < -0.4 is 5.73 Å². The monoisotopic (exact) mass is 325 g/mol. The van der Waals surface area contributed by atoms with Crippen LogP contribution in [0.4, 0.5) is 45.2 Å². The lowest BCUT2D eigenvalue weighted by Gasteiger charge is -2.34. The fourth-order valence-corrected chi connectivity index (χ4v) is 1.50. The van der Waals surface area contributed by atoms with Crippen LogP contribution in [0.2, 0.25) is 0 Å². The molecule has 0 unspecified atom stereocenters. The van der Waals surface area contributed by atoms with Crippen molar-refractivity contribution in [3.8, 4) is 0 Å². The van der Waals surface area contributed by atoms with E-state index in [-0.39, 0.29) is 11.6 Å². The van der Waals surface area contributed by atoms with Gasteiger partial charge in [-0.05, 0) is 12.5 Å². The second kappa shape index (κ2) is 4.70. The topological polar surface area (TPSA) is 26.0 Å². The molecule has 0 aliphatic rings. The van der Waals surface area contributed by atoms with E-state index in [1.807, 2.05) is 0 Å². The molecule has 120 valence electrons. The largest absolute Gasteiger partial charge is 0.460 e. The van der Waals surface area contributed by atoms with Crippen molar-refractivity contribution >= 4 is 5.69 Å². The van der Waals surface area contributed by atoms with Gasteiger partial charge in [-0.25, -0.2) is 0 Å². The van der Waals surface area contributed by atoms with Crippen molar-refractivity contribution in [2.75, 3.05) is 5.73 Å². The molecule has 0 saturated heterocycles. The van der Waals surface area contributed by atoms with Gasteiger partial charge in [-0.2, -0.15) is 39.5 Å². The minimum absolute atomic E-state index is 0.168. The zero-order valence-corrected chi connectivity index (χ0v) is 10.2. The van der Waals surface area contributed by atoms with E-state index in [1.54, 1.807) is 0 Å². The third kappa shape index (κ3) is 2.40. The molecule has 1 nitrogen and oxygen atoms in total. The van der Waals surface area contributed by atoms with Crippen molar-refractivity contribution in [1.29, 1.82) is 0 Å². The van der Waals surface area contributed by atoms with Crippen LogP contribution in [0.15, 0.2) is 18.2 Å². The Labute approximate surface area is 112 Å². The van der Waals surface area contributed by atoms with Crippen LogP contribution in [-0.4, -0.2) is 18.0 Å². The number of alkyl halides is 9. The highest BCUT2D eigenvalue weighted by atomic mass is 19.4. The average molecular weight is 325 g/mol. The van der Waals surface area contributed by atoms with Crippen molar-refractivity contribution < 1.29 is 39.5 Å². The van der Waals surface area contributed by atoms with Gasteiger partial charge in [-0.3, -0.25) is 0 Å². The van der Waals surface area contributed by atoms with E-state index >= 15 is 0 Å². The highest BCUT2D eigenvalue weighted by molar-refractivity contribution is 5.55. The maximum Gasteiger partial charge on any atom is 0.460 e. The molecule has 0 fully saturated rings. The zero-order chi connectivity index (χ0) is 16.9. The Morgan fingerprint density at radius 2 is 1.29 bits per heavy atom. The molecule has 21 heavy (non-hydrogen) atoms. The standard InChI is InChI=1S/C11H8F9N/c1-5-3-2-4-6(7(5)21)8(12,13)9(14,15)10(16,17)11(18,19)20/h2-4H,21H2,1H3. The van der Waals surface area contributed by atoms with Crippen LogP contribution in [0.5, 0.6) is 0 Å². The Morgan fingerprint density at radius 3 is 1.71 bits per heavy atom. The van der Waals surface area contributed by atoms with Gasteiger partial charge in [-0.1, -0.05) is 18.2 Å². The lowest BCUT2D eigenvalue weighted by Crippen LogP contribution is -2.59. The van der Waals surface area contributed by atoms with Crippen molar-refractivity contribution in [3.05, 3.63) is 29.3 Å². The summed E-state index contributed by atoms with van der Waals surface area (Å²) in [5.74, 6) is -19.5. The van der Waals surface area contributed by atoms with Gasteiger partial charge in [0.25, 0.3) is 0 Å². The minimum Gasteiger partial charge on any atom is -0.398 e. The lowest BCUT2D eigenvalue weighted by molar-refractivity contribution is -0.399. The van der Waals surface area contributed by atoms with E-state index in [9.17, 15) is 39.5 Å². The third-order valence-corrected chi connectivity index (χ3v) is 2.81. The first-order valence-electron chi connectivity index (χ1n) is 5.23. The number of hydrogen-bond donors (Lipinski definition) is 1. The van der Waals surface area contributed by atoms with Crippen LogP contribution in [0.3, 0.4) is 0 Å². The van der Waals surface area contributed by atoms with Gasteiger partial charge >= 0.3 is 23.9 Å². The summed E-state index contributed by atoms with van der Waals surface area (Å²) in [7, 11) is 0. The molecular formula is C11H8F9N. The summed E-state index contributed by atoms with van der Waals surface area (Å²) in [6.07, 6.45) is -6.85. The molecule has 0 aliphatic carbocycles. The molecule has 0 heterocycles.